The van der Waals surface area contributed by atoms with Gasteiger partial charge in [0, 0.05) is 30.3 Å². The Labute approximate surface area is 188 Å². The number of carbonyl (C=O) groups is 1. The molecule has 0 aliphatic heterocycles. The first kappa shape index (κ1) is 21.2. The standard InChI is InChI=1S/C22H24F2N8O/c1-12-26-17-5-4-16(28-20(17)31(12)11-19(23)24)15-6-7-32-18(15)10-25-21(30-32)27-14-8-22(3,9-14)29-13(2)33/h4-7,10,14,19H,8-9,11H2,1-3H3,(H,27,30)(H,29,33)/t14-,22-. The summed E-state index contributed by atoms with van der Waals surface area (Å²) < 4.78 is 29.2. The summed E-state index contributed by atoms with van der Waals surface area (Å²) in [6.45, 7) is 4.79. The number of nitrogens with zero attached hydrogens (tertiary/aromatic N) is 6. The van der Waals surface area contributed by atoms with Gasteiger partial charge in [-0.15, -0.1) is 5.10 Å². The Morgan fingerprint density at radius 1 is 1.27 bits per heavy atom. The molecule has 1 amide bonds. The van der Waals surface area contributed by atoms with E-state index in [4.69, 9.17) is 0 Å². The maximum Gasteiger partial charge on any atom is 0.256 e. The summed E-state index contributed by atoms with van der Waals surface area (Å²) >= 11 is 0. The second-order valence-corrected chi connectivity index (χ2v) is 8.83. The average Bonchev–Trinajstić information content (AvgIpc) is 3.26. The summed E-state index contributed by atoms with van der Waals surface area (Å²) in [6.07, 6.45) is 2.62. The van der Waals surface area contributed by atoms with Gasteiger partial charge in [-0.1, -0.05) is 0 Å². The van der Waals surface area contributed by atoms with Crippen LogP contribution in [0.1, 0.15) is 32.5 Å². The molecule has 4 heterocycles. The summed E-state index contributed by atoms with van der Waals surface area (Å²) in [7, 11) is 0. The number of alkyl halides is 2. The van der Waals surface area contributed by atoms with E-state index in [0.717, 1.165) is 23.9 Å². The van der Waals surface area contributed by atoms with Crippen molar-refractivity contribution in [1.29, 1.82) is 0 Å². The van der Waals surface area contributed by atoms with Gasteiger partial charge in [-0.25, -0.2) is 28.2 Å². The highest BCUT2D eigenvalue weighted by Gasteiger charge is 2.41. The molecule has 0 unspecified atom stereocenters. The van der Waals surface area contributed by atoms with E-state index >= 15 is 0 Å². The highest BCUT2D eigenvalue weighted by molar-refractivity contribution is 5.82. The molecule has 1 aliphatic carbocycles. The number of amides is 1. The lowest BCUT2D eigenvalue weighted by Crippen LogP contribution is -2.59. The molecule has 1 fully saturated rings. The van der Waals surface area contributed by atoms with Crippen molar-refractivity contribution in [3.63, 3.8) is 0 Å². The van der Waals surface area contributed by atoms with Crippen molar-refractivity contribution in [2.75, 3.05) is 5.32 Å². The first-order chi connectivity index (χ1) is 15.7. The normalized spacial score (nSPS) is 20.4. The lowest BCUT2D eigenvalue weighted by molar-refractivity contribution is -0.121. The van der Waals surface area contributed by atoms with Crippen LogP contribution < -0.4 is 10.6 Å². The van der Waals surface area contributed by atoms with E-state index in [2.05, 4.69) is 30.7 Å². The number of fused-ring (bicyclic) bond motifs is 2. The molecular formula is C22H24F2N8O. The SMILES string of the molecule is CC(=O)N[C@]1(C)C[C@@H](Nc2ncc3c(-c4ccc5nc(C)n(CC(F)F)c5n4)ccn3n2)C1. The second-order valence-electron chi connectivity index (χ2n) is 8.83. The third-order valence-corrected chi connectivity index (χ3v) is 6.00. The first-order valence-corrected chi connectivity index (χ1v) is 10.7. The van der Waals surface area contributed by atoms with Crippen molar-refractivity contribution in [3.05, 3.63) is 36.4 Å². The molecule has 172 valence electrons. The highest BCUT2D eigenvalue weighted by atomic mass is 19.3. The Bertz CT molecular complexity index is 1360. The molecule has 4 aromatic rings. The summed E-state index contributed by atoms with van der Waals surface area (Å²) in [6, 6.07) is 5.66. The van der Waals surface area contributed by atoms with E-state index in [0.29, 0.717) is 28.6 Å². The molecule has 0 bridgehead atoms. The van der Waals surface area contributed by atoms with Crippen LogP contribution in [0.25, 0.3) is 27.9 Å². The number of aromatic nitrogens is 6. The van der Waals surface area contributed by atoms with Crippen molar-refractivity contribution in [2.45, 2.75) is 58.2 Å². The summed E-state index contributed by atoms with van der Waals surface area (Å²) in [5.41, 5.74) is 2.99. The molecular weight excluding hydrogens is 430 g/mol. The second kappa shape index (κ2) is 7.75. The molecule has 4 aromatic heterocycles. The molecule has 5 rings (SSSR count). The van der Waals surface area contributed by atoms with Crippen LogP contribution in [0.4, 0.5) is 14.7 Å². The van der Waals surface area contributed by atoms with Crippen molar-refractivity contribution < 1.29 is 13.6 Å². The van der Waals surface area contributed by atoms with Gasteiger partial charge in [-0.05, 0) is 44.9 Å². The van der Waals surface area contributed by atoms with E-state index in [1.54, 1.807) is 23.7 Å². The number of anilines is 1. The van der Waals surface area contributed by atoms with Crippen molar-refractivity contribution in [3.8, 4) is 11.3 Å². The highest BCUT2D eigenvalue weighted by Crippen LogP contribution is 2.33. The Balaban J connectivity index is 1.39. The van der Waals surface area contributed by atoms with Gasteiger partial charge in [0.25, 0.3) is 6.43 Å². The minimum atomic E-state index is -2.49. The minimum absolute atomic E-state index is 0.0345. The van der Waals surface area contributed by atoms with Gasteiger partial charge in [-0.3, -0.25) is 4.79 Å². The largest absolute Gasteiger partial charge is 0.351 e. The van der Waals surface area contributed by atoms with Gasteiger partial charge < -0.3 is 15.2 Å². The van der Waals surface area contributed by atoms with Crippen LogP contribution in [-0.4, -0.2) is 53.0 Å². The number of rotatable bonds is 6. The van der Waals surface area contributed by atoms with Gasteiger partial charge >= 0.3 is 0 Å². The summed E-state index contributed by atoms with van der Waals surface area (Å²) in [4.78, 5) is 24.7. The Hall–Kier alpha value is -3.63. The maximum atomic E-state index is 13.0. The van der Waals surface area contributed by atoms with Crippen LogP contribution in [-0.2, 0) is 11.3 Å². The van der Waals surface area contributed by atoms with E-state index in [1.165, 1.54) is 11.5 Å². The van der Waals surface area contributed by atoms with E-state index in [9.17, 15) is 13.6 Å². The third-order valence-electron chi connectivity index (χ3n) is 6.00. The topological polar surface area (TPSA) is 102 Å². The number of aryl methyl sites for hydroxylation is 1. The molecule has 0 spiro atoms. The molecule has 11 heteroatoms. The van der Waals surface area contributed by atoms with Gasteiger partial charge in [-0.2, -0.15) is 0 Å². The minimum Gasteiger partial charge on any atom is -0.351 e. The molecule has 0 saturated heterocycles. The average molecular weight is 454 g/mol. The van der Waals surface area contributed by atoms with Crippen LogP contribution in [0.3, 0.4) is 0 Å². The van der Waals surface area contributed by atoms with Crippen molar-refractivity contribution in [2.24, 2.45) is 0 Å². The predicted molar refractivity (Wildman–Crippen MR) is 119 cm³/mol. The molecule has 2 N–H and O–H groups in total. The molecule has 1 saturated carbocycles. The first-order valence-electron chi connectivity index (χ1n) is 10.7. The molecule has 0 atom stereocenters. The number of hydrogen-bond donors (Lipinski definition) is 2. The third kappa shape index (κ3) is 3.98. The Morgan fingerprint density at radius 3 is 2.79 bits per heavy atom. The predicted octanol–water partition coefficient (Wildman–Crippen LogP) is 3.18. The van der Waals surface area contributed by atoms with Crippen LogP contribution in [0.15, 0.2) is 30.6 Å². The smallest absolute Gasteiger partial charge is 0.256 e. The van der Waals surface area contributed by atoms with Crippen LogP contribution >= 0.6 is 0 Å². The van der Waals surface area contributed by atoms with Gasteiger partial charge in [0.2, 0.25) is 11.9 Å². The molecule has 0 aromatic carbocycles. The monoisotopic (exact) mass is 454 g/mol. The van der Waals surface area contributed by atoms with E-state index in [1.807, 2.05) is 25.3 Å². The summed E-state index contributed by atoms with van der Waals surface area (Å²) in [5.74, 6) is 0.961. The van der Waals surface area contributed by atoms with E-state index < -0.39 is 13.0 Å². The number of carbonyl (C=O) groups excluding carboxylic acids is 1. The zero-order chi connectivity index (χ0) is 23.3. The van der Waals surface area contributed by atoms with Gasteiger partial charge in [0.05, 0.1) is 24.0 Å². The lowest BCUT2D eigenvalue weighted by atomic mass is 9.74. The fourth-order valence-corrected chi connectivity index (χ4v) is 4.64. The number of halogens is 2. The molecule has 0 radical (unpaired) electrons. The number of hydrogen-bond acceptors (Lipinski definition) is 6. The lowest BCUT2D eigenvalue weighted by Gasteiger charge is -2.45. The number of nitrogens with one attached hydrogen (secondary N) is 2. The molecule has 1 aliphatic rings. The van der Waals surface area contributed by atoms with Gasteiger partial charge in [0.1, 0.15) is 11.3 Å². The zero-order valence-electron chi connectivity index (χ0n) is 18.5. The van der Waals surface area contributed by atoms with Crippen molar-refractivity contribution >= 4 is 28.5 Å². The van der Waals surface area contributed by atoms with Crippen LogP contribution in [0, 0.1) is 6.92 Å². The number of pyridine rings is 1. The Kier molecular flexibility index (Phi) is 4.98. The van der Waals surface area contributed by atoms with Crippen LogP contribution in [0.2, 0.25) is 0 Å². The fraction of sp³-hybridized carbons (Fsp3) is 0.409. The fourth-order valence-electron chi connectivity index (χ4n) is 4.64. The van der Waals surface area contributed by atoms with E-state index in [-0.39, 0.29) is 17.5 Å². The number of imidazole rings is 1. The molecule has 9 nitrogen and oxygen atoms in total. The van der Waals surface area contributed by atoms with Gasteiger partial charge in [0.15, 0.2) is 5.65 Å². The van der Waals surface area contributed by atoms with Crippen molar-refractivity contribution in [1.82, 2.24) is 34.4 Å². The quantitative estimate of drug-likeness (QED) is 0.464. The summed E-state index contributed by atoms with van der Waals surface area (Å²) in [5, 5.41) is 10.8. The Morgan fingerprint density at radius 2 is 2.06 bits per heavy atom. The van der Waals surface area contributed by atoms with Crippen LogP contribution in [0.5, 0.6) is 0 Å². The maximum absolute atomic E-state index is 13.0. The molecule has 33 heavy (non-hydrogen) atoms. The zero-order valence-corrected chi connectivity index (χ0v) is 18.5.